The van der Waals surface area contributed by atoms with Gasteiger partial charge in [-0.2, -0.15) is 4.98 Å². The molecule has 11 heteroatoms. The third-order valence-electron chi connectivity index (χ3n) is 5.91. The first-order valence-corrected chi connectivity index (χ1v) is 10.9. The highest BCUT2D eigenvalue weighted by atomic mass is 35.5. The monoisotopic (exact) mass is 480 g/mol. The van der Waals surface area contributed by atoms with E-state index in [-0.39, 0.29) is 17.5 Å². The van der Waals surface area contributed by atoms with E-state index in [1.807, 2.05) is 13.8 Å². The molecule has 0 amide bonds. The predicted molar refractivity (Wildman–Crippen MR) is 116 cm³/mol. The Hall–Kier alpha value is -2.37. The van der Waals surface area contributed by atoms with Gasteiger partial charge in [-0.25, -0.2) is 13.8 Å². The van der Waals surface area contributed by atoms with Crippen LogP contribution in [0.3, 0.4) is 0 Å². The number of benzene rings is 1. The first kappa shape index (κ1) is 22.4. The van der Waals surface area contributed by atoms with E-state index in [0.717, 1.165) is 6.07 Å². The maximum absolute atomic E-state index is 14.3. The number of aliphatic hydroxyl groups is 1. The Balaban J connectivity index is 1.50. The van der Waals surface area contributed by atoms with Gasteiger partial charge in [0.15, 0.2) is 12.0 Å². The fraction of sp³-hybridized carbons (Fsp3) is 0.455. The van der Waals surface area contributed by atoms with Gasteiger partial charge in [-0.1, -0.05) is 6.07 Å². The molecule has 0 bridgehead atoms. The highest BCUT2D eigenvalue weighted by Gasteiger charge is 2.55. The Morgan fingerprint density at radius 3 is 2.70 bits per heavy atom. The number of nitrogens with one attached hydrogen (secondary N) is 1. The van der Waals surface area contributed by atoms with Gasteiger partial charge >= 0.3 is 0 Å². The number of hydrogen-bond acceptors (Lipinski definition) is 7. The van der Waals surface area contributed by atoms with Gasteiger partial charge in [0.1, 0.15) is 41.4 Å². The number of hydrogen-bond donors (Lipinski definition) is 2. The SMILES string of the molecule is CC(Nc1nc(Cl)nc2c1ccn2[C@@H]1O[C@H](CO)[C@H]2OC(C)(C)O[C@H]21)c1ccc(F)cc1F. The Labute approximate surface area is 193 Å². The zero-order valence-electron chi connectivity index (χ0n) is 18.1. The average Bonchev–Trinajstić information content (AvgIpc) is 3.38. The van der Waals surface area contributed by atoms with Crippen LogP contribution in [0, 0.1) is 11.6 Å². The van der Waals surface area contributed by atoms with Crippen LogP contribution < -0.4 is 5.32 Å². The van der Waals surface area contributed by atoms with Crippen LogP contribution in [0.5, 0.6) is 0 Å². The molecule has 2 aliphatic heterocycles. The van der Waals surface area contributed by atoms with Gasteiger partial charge in [-0.05, 0) is 44.5 Å². The van der Waals surface area contributed by atoms with E-state index in [9.17, 15) is 13.9 Å². The Morgan fingerprint density at radius 2 is 1.97 bits per heavy atom. The second-order valence-corrected chi connectivity index (χ2v) is 8.98. The molecule has 3 aromatic rings. The third kappa shape index (κ3) is 3.95. The van der Waals surface area contributed by atoms with Crippen molar-refractivity contribution in [2.75, 3.05) is 11.9 Å². The first-order valence-electron chi connectivity index (χ1n) is 10.5. The molecule has 2 N–H and O–H groups in total. The van der Waals surface area contributed by atoms with E-state index >= 15 is 0 Å². The van der Waals surface area contributed by atoms with Crippen LogP contribution in [-0.4, -0.2) is 50.3 Å². The molecule has 1 aromatic carbocycles. The highest BCUT2D eigenvalue weighted by molar-refractivity contribution is 6.28. The lowest BCUT2D eigenvalue weighted by atomic mass is 10.1. The summed E-state index contributed by atoms with van der Waals surface area (Å²) < 4.78 is 47.3. The molecule has 2 aromatic heterocycles. The Morgan fingerprint density at radius 1 is 1.21 bits per heavy atom. The molecule has 2 saturated heterocycles. The smallest absolute Gasteiger partial charge is 0.226 e. The summed E-state index contributed by atoms with van der Waals surface area (Å²) in [5.74, 6) is -1.74. The fourth-order valence-corrected chi connectivity index (χ4v) is 4.65. The quantitative estimate of drug-likeness (QED) is 0.534. The van der Waals surface area contributed by atoms with Gasteiger partial charge in [-0.3, -0.25) is 0 Å². The molecule has 0 aliphatic carbocycles. The van der Waals surface area contributed by atoms with E-state index < -0.39 is 48.0 Å². The fourth-order valence-electron chi connectivity index (χ4n) is 4.49. The van der Waals surface area contributed by atoms with Crippen LogP contribution in [0.15, 0.2) is 30.5 Å². The van der Waals surface area contributed by atoms with Gasteiger partial charge in [0, 0.05) is 17.8 Å². The number of aliphatic hydroxyl groups excluding tert-OH is 1. The highest BCUT2D eigenvalue weighted by Crippen LogP contribution is 2.44. The lowest BCUT2D eigenvalue weighted by molar-refractivity contribution is -0.199. The van der Waals surface area contributed by atoms with Crippen LogP contribution in [0.2, 0.25) is 5.28 Å². The lowest BCUT2D eigenvalue weighted by Gasteiger charge is -2.24. The van der Waals surface area contributed by atoms with E-state index in [4.69, 9.17) is 25.8 Å². The number of halogens is 3. The largest absolute Gasteiger partial charge is 0.394 e. The number of rotatable bonds is 5. The van der Waals surface area contributed by atoms with Gasteiger partial charge in [0.25, 0.3) is 0 Å². The van der Waals surface area contributed by atoms with Crippen LogP contribution in [0.25, 0.3) is 11.0 Å². The predicted octanol–water partition coefficient (Wildman–Crippen LogP) is 3.95. The summed E-state index contributed by atoms with van der Waals surface area (Å²) in [7, 11) is 0. The summed E-state index contributed by atoms with van der Waals surface area (Å²) in [5, 5.41) is 13.5. The molecule has 8 nitrogen and oxygen atoms in total. The molecule has 0 radical (unpaired) electrons. The van der Waals surface area contributed by atoms with Gasteiger partial charge < -0.3 is 29.2 Å². The van der Waals surface area contributed by atoms with Crippen molar-refractivity contribution in [2.45, 2.75) is 57.1 Å². The molecule has 1 unspecified atom stereocenters. The molecule has 0 saturated carbocycles. The third-order valence-corrected chi connectivity index (χ3v) is 6.08. The standard InChI is InChI=1S/C22H23ClF2N4O4/c1-10(12-5-4-11(24)8-14(12)25)26-18-13-6-7-29(19(13)28-21(23)27-18)20-17-16(15(9-30)31-20)32-22(2,3)33-17/h4-8,10,15-17,20,30H,9H2,1-3H3,(H,26,27,28)/t10?,15-,16-,17-,20-/m1/s1. The normalized spacial score (nSPS) is 27.1. The summed E-state index contributed by atoms with van der Waals surface area (Å²) in [6, 6.07) is 4.68. The van der Waals surface area contributed by atoms with Gasteiger partial charge in [-0.15, -0.1) is 0 Å². The van der Waals surface area contributed by atoms with Crippen LogP contribution in [0.4, 0.5) is 14.6 Å². The van der Waals surface area contributed by atoms with Gasteiger partial charge in [0.05, 0.1) is 18.0 Å². The molecule has 4 heterocycles. The van der Waals surface area contributed by atoms with E-state index in [2.05, 4.69) is 15.3 Å². The molecule has 2 aliphatic rings. The van der Waals surface area contributed by atoms with Crippen molar-refractivity contribution >= 4 is 28.5 Å². The van der Waals surface area contributed by atoms with Crippen LogP contribution in [-0.2, 0) is 14.2 Å². The number of nitrogens with zero attached hydrogens (tertiary/aromatic N) is 3. The Bertz CT molecular complexity index is 1210. The van der Waals surface area contributed by atoms with E-state index in [1.165, 1.54) is 12.1 Å². The van der Waals surface area contributed by atoms with Crippen molar-refractivity contribution in [3.8, 4) is 0 Å². The maximum atomic E-state index is 14.3. The van der Waals surface area contributed by atoms with Crippen molar-refractivity contribution < 1.29 is 28.1 Å². The Kier molecular flexibility index (Phi) is 5.53. The second-order valence-electron chi connectivity index (χ2n) is 8.65. The summed E-state index contributed by atoms with van der Waals surface area (Å²) in [6.45, 7) is 5.13. The molecular weight excluding hydrogens is 458 g/mol. The number of fused-ring (bicyclic) bond motifs is 2. The van der Waals surface area contributed by atoms with Crippen LogP contribution >= 0.6 is 11.6 Å². The number of anilines is 1. The van der Waals surface area contributed by atoms with Crippen molar-refractivity contribution in [3.63, 3.8) is 0 Å². The van der Waals surface area contributed by atoms with E-state index in [0.29, 0.717) is 16.9 Å². The molecule has 2 fully saturated rings. The zero-order chi connectivity index (χ0) is 23.5. The maximum Gasteiger partial charge on any atom is 0.226 e. The molecule has 33 heavy (non-hydrogen) atoms. The summed E-state index contributed by atoms with van der Waals surface area (Å²) >= 11 is 6.22. The van der Waals surface area contributed by atoms with Crippen molar-refractivity contribution in [1.29, 1.82) is 0 Å². The van der Waals surface area contributed by atoms with Crippen molar-refractivity contribution in [1.82, 2.24) is 14.5 Å². The molecule has 0 spiro atoms. The number of aromatic nitrogens is 3. The van der Waals surface area contributed by atoms with Gasteiger partial charge in [0.2, 0.25) is 5.28 Å². The second kappa shape index (κ2) is 8.14. The minimum atomic E-state index is -0.818. The molecule has 5 rings (SSSR count). The topological polar surface area (TPSA) is 90.7 Å². The minimum absolute atomic E-state index is 0.0195. The number of ether oxygens (including phenoxy) is 3. The lowest BCUT2D eigenvalue weighted by Crippen LogP contribution is -2.31. The van der Waals surface area contributed by atoms with E-state index in [1.54, 1.807) is 23.8 Å². The summed E-state index contributed by atoms with van der Waals surface area (Å²) in [4.78, 5) is 8.64. The molecule has 5 atom stereocenters. The summed E-state index contributed by atoms with van der Waals surface area (Å²) in [6.07, 6.45) is -0.318. The summed E-state index contributed by atoms with van der Waals surface area (Å²) in [5.41, 5.74) is 0.755. The minimum Gasteiger partial charge on any atom is -0.394 e. The first-order chi connectivity index (χ1) is 15.7. The zero-order valence-corrected chi connectivity index (χ0v) is 18.9. The molecular formula is C22H23ClF2N4O4. The van der Waals surface area contributed by atoms with Crippen LogP contribution in [0.1, 0.15) is 38.6 Å². The van der Waals surface area contributed by atoms with Crippen molar-refractivity contribution in [2.24, 2.45) is 0 Å². The van der Waals surface area contributed by atoms with Crippen molar-refractivity contribution in [3.05, 3.63) is 52.9 Å². The average molecular weight is 481 g/mol. The molecule has 176 valence electrons.